The first-order valence-corrected chi connectivity index (χ1v) is 3.82. The van der Waals surface area contributed by atoms with Crippen molar-refractivity contribution < 1.29 is 25.5 Å². The van der Waals surface area contributed by atoms with Gasteiger partial charge in [-0.15, -0.1) is 0 Å². The SMILES string of the molecule is OCC(O)C(CO)C(CO)CO. The van der Waals surface area contributed by atoms with Crippen molar-refractivity contribution in [1.29, 1.82) is 0 Å². The highest BCUT2D eigenvalue weighted by molar-refractivity contribution is 4.74. The summed E-state index contributed by atoms with van der Waals surface area (Å²) in [5, 5.41) is 43.9. The lowest BCUT2D eigenvalue weighted by atomic mass is 9.89. The first kappa shape index (κ1) is 11.8. The maximum absolute atomic E-state index is 9.12. The quantitative estimate of drug-likeness (QED) is 0.312. The first-order valence-electron chi connectivity index (χ1n) is 3.82. The van der Waals surface area contributed by atoms with Crippen molar-refractivity contribution >= 4 is 0 Å². The third-order valence-electron chi connectivity index (χ3n) is 1.97. The van der Waals surface area contributed by atoms with Crippen LogP contribution in [0, 0.1) is 11.8 Å². The molecule has 0 heterocycles. The van der Waals surface area contributed by atoms with Crippen molar-refractivity contribution in [2.75, 3.05) is 26.4 Å². The third-order valence-corrected chi connectivity index (χ3v) is 1.97. The molecule has 0 fully saturated rings. The fraction of sp³-hybridized carbons (Fsp3) is 1.00. The number of rotatable bonds is 6. The van der Waals surface area contributed by atoms with Crippen molar-refractivity contribution in [1.82, 2.24) is 0 Å². The zero-order valence-corrected chi connectivity index (χ0v) is 6.80. The lowest BCUT2D eigenvalue weighted by molar-refractivity contribution is -0.0302. The van der Waals surface area contributed by atoms with Gasteiger partial charge in [0.2, 0.25) is 0 Å². The second-order valence-electron chi connectivity index (χ2n) is 2.72. The van der Waals surface area contributed by atoms with Crippen molar-refractivity contribution in [2.24, 2.45) is 11.8 Å². The van der Waals surface area contributed by atoms with Gasteiger partial charge in [0.05, 0.1) is 12.7 Å². The van der Waals surface area contributed by atoms with Crippen LogP contribution in [0.2, 0.25) is 0 Å². The fourth-order valence-corrected chi connectivity index (χ4v) is 1.05. The molecule has 0 aromatic rings. The van der Waals surface area contributed by atoms with Gasteiger partial charge >= 0.3 is 0 Å². The van der Waals surface area contributed by atoms with Gasteiger partial charge in [0.25, 0.3) is 0 Å². The molecule has 0 aliphatic carbocycles. The average Bonchev–Trinajstić information content (AvgIpc) is 2.12. The fourth-order valence-electron chi connectivity index (χ4n) is 1.05. The third kappa shape index (κ3) is 3.04. The lowest BCUT2D eigenvalue weighted by Crippen LogP contribution is -2.37. The molecular formula is C7H16O5. The van der Waals surface area contributed by atoms with E-state index in [0.29, 0.717) is 0 Å². The largest absolute Gasteiger partial charge is 0.396 e. The molecule has 0 bridgehead atoms. The standard InChI is InChI=1S/C7H16O5/c8-1-5(2-9)6(3-10)7(12)4-11/h5-12H,1-4H2. The van der Waals surface area contributed by atoms with E-state index >= 15 is 0 Å². The maximum Gasteiger partial charge on any atom is 0.0825 e. The molecule has 0 saturated carbocycles. The van der Waals surface area contributed by atoms with Crippen LogP contribution >= 0.6 is 0 Å². The van der Waals surface area contributed by atoms with E-state index in [9.17, 15) is 0 Å². The Bertz CT molecular complexity index is 104. The van der Waals surface area contributed by atoms with Crippen molar-refractivity contribution in [3.8, 4) is 0 Å². The van der Waals surface area contributed by atoms with E-state index in [4.69, 9.17) is 25.5 Å². The van der Waals surface area contributed by atoms with E-state index < -0.39 is 24.5 Å². The van der Waals surface area contributed by atoms with Gasteiger partial charge in [-0.25, -0.2) is 0 Å². The van der Waals surface area contributed by atoms with Crippen LogP contribution in [0.25, 0.3) is 0 Å². The molecular weight excluding hydrogens is 164 g/mol. The van der Waals surface area contributed by atoms with Gasteiger partial charge in [-0.2, -0.15) is 0 Å². The summed E-state index contributed by atoms with van der Waals surface area (Å²) < 4.78 is 0. The van der Waals surface area contributed by atoms with Gasteiger partial charge in [-0.3, -0.25) is 0 Å². The molecule has 0 aromatic carbocycles. The van der Waals surface area contributed by atoms with Gasteiger partial charge in [0.1, 0.15) is 0 Å². The Hall–Kier alpha value is -0.200. The molecule has 0 aliphatic rings. The van der Waals surface area contributed by atoms with Crippen LogP contribution in [-0.4, -0.2) is 58.1 Å². The second-order valence-corrected chi connectivity index (χ2v) is 2.72. The summed E-state index contributed by atoms with van der Waals surface area (Å²) in [7, 11) is 0. The van der Waals surface area contributed by atoms with Crippen LogP contribution in [0.3, 0.4) is 0 Å². The number of hydrogen-bond donors (Lipinski definition) is 5. The van der Waals surface area contributed by atoms with Gasteiger partial charge in [0, 0.05) is 31.7 Å². The normalized spacial score (nSPS) is 16.5. The smallest absolute Gasteiger partial charge is 0.0825 e. The summed E-state index contributed by atoms with van der Waals surface area (Å²) in [6.45, 7) is -1.49. The Morgan fingerprint density at radius 3 is 1.50 bits per heavy atom. The van der Waals surface area contributed by atoms with Crippen LogP contribution < -0.4 is 0 Å². The molecule has 0 amide bonds. The van der Waals surface area contributed by atoms with E-state index in [-0.39, 0.29) is 19.8 Å². The van der Waals surface area contributed by atoms with E-state index in [1.54, 1.807) is 0 Å². The molecule has 0 aliphatic heterocycles. The summed E-state index contributed by atoms with van der Waals surface area (Å²) in [4.78, 5) is 0. The van der Waals surface area contributed by atoms with Gasteiger partial charge < -0.3 is 25.5 Å². The highest BCUT2D eigenvalue weighted by Crippen LogP contribution is 2.14. The van der Waals surface area contributed by atoms with Crippen LogP contribution in [0.15, 0.2) is 0 Å². The maximum atomic E-state index is 9.12. The Morgan fingerprint density at radius 2 is 1.25 bits per heavy atom. The minimum Gasteiger partial charge on any atom is -0.396 e. The van der Waals surface area contributed by atoms with Gasteiger partial charge in [-0.05, 0) is 0 Å². The first-order chi connectivity index (χ1) is 5.71. The van der Waals surface area contributed by atoms with Crippen LogP contribution in [0.4, 0.5) is 0 Å². The van der Waals surface area contributed by atoms with Crippen LogP contribution in [0.5, 0.6) is 0 Å². The lowest BCUT2D eigenvalue weighted by Gasteiger charge is -2.25. The molecule has 5 N–H and O–H groups in total. The second kappa shape index (κ2) is 6.33. The molecule has 0 radical (unpaired) electrons. The molecule has 0 spiro atoms. The molecule has 2 unspecified atom stereocenters. The highest BCUT2D eigenvalue weighted by Gasteiger charge is 2.26. The Balaban J connectivity index is 4.09. The Morgan fingerprint density at radius 1 is 0.750 bits per heavy atom. The van der Waals surface area contributed by atoms with Gasteiger partial charge in [-0.1, -0.05) is 0 Å². The molecule has 0 rings (SSSR count). The summed E-state index contributed by atoms with van der Waals surface area (Å²) in [5.41, 5.74) is 0. The molecule has 74 valence electrons. The summed E-state index contributed by atoms with van der Waals surface area (Å²) >= 11 is 0. The van der Waals surface area contributed by atoms with Crippen LogP contribution in [0.1, 0.15) is 0 Å². The highest BCUT2D eigenvalue weighted by atomic mass is 16.3. The predicted molar refractivity (Wildman–Crippen MR) is 41.3 cm³/mol. The number of aliphatic hydroxyl groups excluding tert-OH is 5. The Labute approximate surface area is 70.9 Å². The minimum absolute atomic E-state index is 0.321. The number of aliphatic hydroxyl groups is 5. The van der Waals surface area contributed by atoms with E-state index in [2.05, 4.69) is 0 Å². The predicted octanol–water partition coefficient (Wildman–Crippen LogP) is -2.45. The van der Waals surface area contributed by atoms with Crippen molar-refractivity contribution in [3.63, 3.8) is 0 Å². The van der Waals surface area contributed by atoms with Crippen molar-refractivity contribution in [2.45, 2.75) is 6.10 Å². The minimum atomic E-state index is -1.10. The zero-order chi connectivity index (χ0) is 9.56. The average molecular weight is 180 g/mol. The van der Waals surface area contributed by atoms with Gasteiger partial charge in [0.15, 0.2) is 0 Å². The van der Waals surface area contributed by atoms with Crippen molar-refractivity contribution in [3.05, 3.63) is 0 Å². The topological polar surface area (TPSA) is 101 Å². The monoisotopic (exact) mass is 180 g/mol. The molecule has 0 aromatic heterocycles. The van der Waals surface area contributed by atoms with E-state index in [1.807, 2.05) is 0 Å². The number of hydrogen-bond acceptors (Lipinski definition) is 5. The van der Waals surface area contributed by atoms with E-state index in [0.717, 1.165) is 0 Å². The molecule has 12 heavy (non-hydrogen) atoms. The molecule has 2 atom stereocenters. The Kier molecular flexibility index (Phi) is 6.23. The van der Waals surface area contributed by atoms with E-state index in [1.165, 1.54) is 0 Å². The summed E-state index contributed by atoms with van der Waals surface area (Å²) in [5.74, 6) is -1.26. The summed E-state index contributed by atoms with van der Waals surface area (Å²) in [6.07, 6.45) is -1.10. The summed E-state index contributed by atoms with van der Waals surface area (Å²) in [6, 6.07) is 0. The zero-order valence-electron chi connectivity index (χ0n) is 6.80. The molecule has 5 nitrogen and oxygen atoms in total. The molecule has 0 saturated heterocycles. The van der Waals surface area contributed by atoms with Crippen LogP contribution in [-0.2, 0) is 0 Å². The molecule has 5 heteroatoms.